The van der Waals surface area contributed by atoms with Gasteiger partial charge in [0.25, 0.3) is 0 Å². The van der Waals surface area contributed by atoms with Crippen molar-refractivity contribution >= 4 is 0 Å². The van der Waals surface area contributed by atoms with Gasteiger partial charge in [-0.2, -0.15) is 0 Å². The minimum absolute atomic E-state index is 0.488. The van der Waals surface area contributed by atoms with Gasteiger partial charge in [-0.3, -0.25) is 4.90 Å². The Hall–Kier alpha value is -0.120. The van der Waals surface area contributed by atoms with Gasteiger partial charge in [0.15, 0.2) is 0 Å². The van der Waals surface area contributed by atoms with Gasteiger partial charge < -0.3 is 10.5 Å². The first-order valence-corrected chi connectivity index (χ1v) is 5.16. The van der Waals surface area contributed by atoms with Crippen molar-refractivity contribution in [3.8, 4) is 0 Å². The second-order valence-electron chi connectivity index (χ2n) is 4.19. The van der Waals surface area contributed by atoms with Crippen molar-refractivity contribution in [1.29, 1.82) is 0 Å². The fourth-order valence-corrected chi connectivity index (χ4v) is 1.93. The maximum absolute atomic E-state index is 5.79. The molecule has 0 aromatic heterocycles. The van der Waals surface area contributed by atoms with E-state index in [4.69, 9.17) is 10.5 Å². The molecule has 0 radical (unpaired) electrons. The molecule has 0 aromatic carbocycles. The van der Waals surface area contributed by atoms with Crippen LogP contribution in [0, 0.1) is 5.92 Å². The quantitative estimate of drug-likeness (QED) is 0.702. The maximum atomic E-state index is 5.79. The lowest BCUT2D eigenvalue weighted by Crippen LogP contribution is -2.46. The third kappa shape index (κ3) is 2.66. The number of hydrogen-bond acceptors (Lipinski definition) is 3. The normalized spacial score (nSPS) is 25.8. The summed E-state index contributed by atoms with van der Waals surface area (Å²) in [6.45, 7) is 6.95. The van der Waals surface area contributed by atoms with Crippen molar-refractivity contribution in [1.82, 2.24) is 4.90 Å². The molecule has 13 heavy (non-hydrogen) atoms. The van der Waals surface area contributed by atoms with E-state index in [0.717, 1.165) is 19.8 Å². The average molecular weight is 186 g/mol. The molecule has 78 valence electrons. The highest BCUT2D eigenvalue weighted by Gasteiger charge is 2.28. The van der Waals surface area contributed by atoms with E-state index in [9.17, 15) is 0 Å². The zero-order chi connectivity index (χ0) is 9.84. The lowest BCUT2D eigenvalue weighted by atomic mass is 9.97. The largest absolute Gasteiger partial charge is 0.381 e. The molecule has 2 unspecified atom stereocenters. The zero-order valence-electron chi connectivity index (χ0n) is 8.99. The molecule has 1 fully saturated rings. The summed E-state index contributed by atoms with van der Waals surface area (Å²) in [6, 6.07) is 1.05. The van der Waals surface area contributed by atoms with Crippen LogP contribution in [0.5, 0.6) is 0 Å². The number of nitrogens with two attached hydrogens (primary N) is 1. The van der Waals surface area contributed by atoms with Gasteiger partial charge in [-0.1, -0.05) is 0 Å². The fraction of sp³-hybridized carbons (Fsp3) is 1.00. The molecule has 1 heterocycles. The minimum atomic E-state index is 0.488. The molecular weight excluding hydrogens is 164 g/mol. The molecule has 0 spiro atoms. The molecule has 1 saturated heterocycles. The number of hydrogen-bond donors (Lipinski definition) is 1. The van der Waals surface area contributed by atoms with Crippen molar-refractivity contribution in [3.63, 3.8) is 0 Å². The minimum Gasteiger partial charge on any atom is -0.381 e. The summed E-state index contributed by atoms with van der Waals surface area (Å²) in [5.41, 5.74) is 5.79. The van der Waals surface area contributed by atoms with Gasteiger partial charge in [-0.05, 0) is 27.3 Å². The molecule has 1 rings (SSSR count). The highest BCUT2D eigenvalue weighted by atomic mass is 16.5. The summed E-state index contributed by atoms with van der Waals surface area (Å²) in [6.07, 6.45) is 1.17. The number of nitrogens with zero attached hydrogens (tertiary/aromatic N) is 1. The molecule has 2 atom stereocenters. The monoisotopic (exact) mass is 186 g/mol. The molecule has 0 aromatic rings. The van der Waals surface area contributed by atoms with Crippen LogP contribution in [-0.2, 0) is 4.74 Å². The Morgan fingerprint density at radius 2 is 2.23 bits per heavy atom. The van der Waals surface area contributed by atoms with E-state index in [2.05, 4.69) is 25.8 Å². The Balaban J connectivity index is 2.49. The number of ether oxygens (including phenoxy) is 1. The van der Waals surface area contributed by atoms with E-state index in [1.165, 1.54) is 6.42 Å². The summed E-state index contributed by atoms with van der Waals surface area (Å²) in [4.78, 5) is 2.36. The fourth-order valence-electron chi connectivity index (χ4n) is 1.93. The van der Waals surface area contributed by atoms with Crippen molar-refractivity contribution < 1.29 is 4.74 Å². The smallest absolute Gasteiger partial charge is 0.0510 e. The molecule has 0 amide bonds. The summed E-state index contributed by atoms with van der Waals surface area (Å²) < 4.78 is 5.39. The van der Waals surface area contributed by atoms with Crippen LogP contribution in [0.15, 0.2) is 0 Å². The Morgan fingerprint density at radius 1 is 1.54 bits per heavy atom. The molecule has 1 aliphatic rings. The van der Waals surface area contributed by atoms with Crippen LogP contribution >= 0.6 is 0 Å². The second kappa shape index (κ2) is 4.94. The lowest BCUT2D eigenvalue weighted by Gasteiger charge is -2.34. The third-order valence-corrected chi connectivity index (χ3v) is 3.09. The highest BCUT2D eigenvalue weighted by Crippen LogP contribution is 2.20. The Kier molecular flexibility index (Phi) is 4.16. The second-order valence-corrected chi connectivity index (χ2v) is 4.19. The van der Waals surface area contributed by atoms with Crippen LogP contribution in [0.4, 0.5) is 0 Å². The third-order valence-electron chi connectivity index (χ3n) is 3.09. The van der Waals surface area contributed by atoms with Crippen molar-refractivity contribution in [2.24, 2.45) is 11.7 Å². The van der Waals surface area contributed by atoms with E-state index in [-0.39, 0.29) is 0 Å². The van der Waals surface area contributed by atoms with E-state index in [0.29, 0.717) is 18.0 Å². The molecule has 0 aliphatic carbocycles. The molecule has 3 heteroatoms. The first-order chi connectivity index (χ1) is 6.16. The van der Waals surface area contributed by atoms with Gasteiger partial charge in [0.1, 0.15) is 0 Å². The van der Waals surface area contributed by atoms with Gasteiger partial charge in [0.05, 0.1) is 6.61 Å². The molecule has 0 saturated carbocycles. The van der Waals surface area contributed by atoms with Crippen LogP contribution in [-0.4, -0.2) is 43.8 Å². The predicted molar refractivity (Wildman–Crippen MR) is 54.7 cm³/mol. The van der Waals surface area contributed by atoms with Gasteiger partial charge in [-0.25, -0.2) is 0 Å². The van der Waals surface area contributed by atoms with Crippen LogP contribution in [0.25, 0.3) is 0 Å². The van der Waals surface area contributed by atoms with Gasteiger partial charge in [-0.15, -0.1) is 0 Å². The molecule has 3 nitrogen and oxygen atoms in total. The Labute approximate surface area is 81.2 Å². The van der Waals surface area contributed by atoms with Crippen LogP contribution in [0.1, 0.15) is 20.3 Å². The van der Waals surface area contributed by atoms with Crippen LogP contribution in [0.3, 0.4) is 0 Å². The number of rotatable bonds is 4. The lowest BCUT2D eigenvalue weighted by molar-refractivity contribution is 0.121. The number of likely N-dealkylation sites (N-methyl/N-ethyl adjacent to an activating group) is 1. The summed E-state index contributed by atoms with van der Waals surface area (Å²) in [7, 11) is 2.15. The van der Waals surface area contributed by atoms with Gasteiger partial charge >= 0.3 is 0 Å². The van der Waals surface area contributed by atoms with Crippen molar-refractivity contribution in [3.05, 3.63) is 0 Å². The maximum Gasteiger partial charge on any atom is 0.0510 e. The van der Waals surface area contributed by atoms with Gasteiger partial charge in [0, 0.05) is 31.2 Å². The van der Waals surface area contributed by atoms with Crippen LogP contribution in [0.2, 0.25) is 0 Å². The Morgan fingerprint density at radius 3 is 2.62 bits per heavy atom. The first kappa shape index (κ1) is 11.0. The zero-order valence-corrected chi connectivity index (χ0v) is 8.99. The van der Waals surface area contributed by atoms with E-state index < -0.39 is 0 Å². The van der Waals surface area contributed by atoms with Gasteiger partial charge in [0.2, 0.25) is 0 Å². The topological polar surface area (TPSA) is 38.5 Å². The summed E-state index contributed by atoms with van der Waals surface area (Å²) in [5.74, 6) is 0.636. The van der Waals surface area contributed by atoms with Crippen LogP contribution < -0.4 is 5.73 Å². The predicted octanol–water partition coefficient (Wildman–Crippen LogP) is 0.690. The molecular formula is C10H22N2O. The molecule has 1 aliphatic heterocycles. The van der Waals surface area contributed by atoms with Crippen molar-refractivity contribution in [2.75, 3.05) is 26.8 Å². The average Bonchev–Trinajstić information content (AvgIpc) is 2.58. The summed E-state index contributed by atoms with van der Waals surface area (Å²) in [5, 5.41) is 0. The molecule has 2 N–H and O–H groups in total. The molecule has 0 bridgehead atoms. The standard InChI is InChI=1S/C10H22N2O/c1-8(2)12(3)10(6-11)9-4-5-13-7-9/h8-10H,4-7,11H2,1-3H3. The van der Waals surface area contributed by atoms with E-state index in [1.807, 2.05) is 0 Å². The van der Waals surface area contributed by atoms with E-state index in [1.54, 1.807) is 0 Å². The van der Waals surface area contributed by atoms with Crippen molar-refractivity contribution in [2.45, 2.75) is 32.4 Å². The highest BCUT2D eigenvalue weighted by molar-refractivity contribution is 4.82. The van der Waals surface area contributed by atoms with E-state index >= 15 is 0 Å². The Bertz CT molecular complexity index is 142. The SMILES string of the molecule is CC(C)N(C)C(CN)C1CCOC1. The first-order valence-electron chi connectivity index (χ1n) is 5.16. The summed E-state index contributed by atoms with van der Waals surface area (Å²) >= 11 is 0.